The molecule has 0 fully saturated rings. The van der Waals surface area contributed by atoms with Crippen molar-refractivity contribution in [3.05, 3.63) is 93.1 Å². The topological polar surface area (TPSA) is 146 Å². The lowest BCUT2D eigenvalue weighted by molar-refractivity contribution is -0.139. The maximum atomic E-state index is 12.6. The number of hydrazone groups is 1. The number of ether oxygens (including phenoxy) is 5. The summed E-state index contributed by atoms with van der Waals surface area (Å²) in [5, 5.41) is 9.34. The van der Waals surface area contributed by atoms with Crippen LogP contribution < -0.4 is 35.0 Å². The van der Waals surface area contributed by atoms with Crippen LogP contribution in [-0.2, 0) is 20.9 Å². The number of rotatable bonds is 13. The zero-order chi connectivity index (χ0) is 32.3. The second-order valence-electron chi connectivity index (χ2n) is 9.59. The molecule has 0 saturated carbocycles. The van der Waals surface area contributed by atoms with Crippen molar-refractivity contribution in [2.24, 2.45) is 5.10 Å². The first-order valence-electron chi connectivity index (χ1n) is 13.9. The van der Waals surface area contributed by atoms with Crippen molar-refractivity contribution in [3.63, 3.8) is 0 Å². The summed E-state index contributed by atoms with van der Waals surface area (Å²) in [7, 11) is 2.98. The molecule has 0 unspecified atom stereocenters. The highest BCUT2D eigenvalue weighted by molar-refractivity contribution is 9.10. The first-order chi connectivity index (χ1) is 21.7. The smallest absolute Gasteiger partial charge is 0.338 e. The van der Waals surface area contributed by atoms with E-state index in [-0.39, 0.29) is 24.5 Å². The molecule has 0 spiro atoms. The molecular formula is C32H33BrN4O8. The SMILES string of the molecule is CCOC(=O)C1=C(C)NC(=O)N[C@@H]1c1ccc(OCC(=O)N/N=C\c2cc(Br)c(OCc3ccccc3)c(OC)c2)c(OC)c1. The lowest BCUT2D eigenvalue weighted by Crippen LogP contribution is -2.45. The van der Waals surface area contributed by atoms with Gasteiger partial charge in [-0.2, -0.15) is 5.10 Å². The average Bonchev–Trinajstić information content (AvgIpc) is 3.03. The predicted octanol–water partition coefficient (Wildman–Crippen LogP) is 4.77. The van der Waals surface area contributed by atoms with E-state index in [1.165, 1.54) is 20.4 Å². The van der Waals surface area contributed by atoms with Crippen LogP contribution in [0.5, 0.6) is 23.0 Å². The van der Waals surface area contributed by atoms with Gasteiger partial charge in [0, 0.05) is 5.70 Å². The summed E-state index contributed by atoms with van der Waals surface area (Å²) in [5.74, 6) is 0.544. The Morgan fingerprint density at radius 3 is 2.47 bits per heavy atom. The fourth-order valence-electron chi connectivity index (χ4n) is 4.44. The van der Waals surface area contributed by atoms with E-state index in [0.29, 0.717) is 45.2 Å². The van der Waals surface area contributed by atoms with Crippen molar-refractivity contribution < 1.29 is 38.1 Å². The Balaban J connectivity index is 1.37. The number of hydrogen-bond donors (Lipinski definition) is 3. The summed E-state index contributed by atoms with van der Waals surface area (Å²) < 4.78 is 28.4. The molecule has 4 rings (SSSR count). The number of urea groups is 1. The van der Waals surface area contributed by atoms with Crippen molar-refractivity contribution >= 4 is 40.1 Å². The molecular weight excluding hydrogens is 648 g/mol. The Morgan fingerprint density at radius 1 is 1.00 bits per heavy atom. The van der Waals surface area contributed by atoms with Crippen LogP contribution in [-0.4, -0.2) is 51.6 Å². The quantitative estimate of drug-likeness (QED) is 0.133. The van der Waals surface area contributed by atoms with Gasteiger partial charge in [0.25, 0.3) is 5.91 Å². The Kier molecular flexibility index (Phi) is 11.4. The van der Waals surface area contributed by atoms with E-state index >= 15 is 0 Å². The van der Waals surface area contributed by atoms with Crippen LogP contribution in [0.2, 0.25) is 0 Å². The van der Waals surface area contributed by atoms with E-state index in [1.807, 2.05) is 30.3 Å². The second-order valence-corrected chi connectivity index (χ2v) is 10.4. The van der Waals surface area contributed by atoms with Crippen molar-refractivity contribution in [3.8, 4) is 23.0 Å². The van der Waals surface area contributed by atoms with Gasteiger partial charge in [-0.25, -0.2) is 15.0 Å². The van der Waals surface area contributed by atoms with Crippen molar-refractivity contribution in [2.45, 2.75) is 26.5 Å². The molecule has 0 bridgehead atoms. The number of benzene rings is 3. The van der Waals surface area contributed by atoms with Crippen LogP contribution in [0.15, 0.2) is 81.5 Å². The largest absolute Gasteiger partial charge is 0.493 e. The number of methoxy groups -OCH3 is 2. The van der Waals surface area contributed by atoms with Crippen LogP contribution in [0.1, 0.15) is 36.6 Å². The number of halogens is 1. The number of nitrogens with one attached hydrogen (secondary N) is 3. The molecule has 45 heavy (non-hydrogen) atoms. The summed E-state index contributed by atoms with van der Waals surface area (Å²) in [6.45, 7) is 3.52. The van der Waals surface area contributed by atoms with Crippen LogP contribution in [0.4, 0.5) is 4.79 Å². The van der Waals surface area contributed by atoms with E-state index in [0.717, 1.165) is 5.56 Å². The normalized spacial score (nSPS) is 14.3. The summed E-state index contributed by atoms with van der Waals surface area (Å²) in [4.78, 5) is 37.3. The van der Waals surface area contributed by atoms with E-state index in [4.69, 9.17) is 23.7 Å². The van der Waals surface area contributed by atoms with Crippen molar-refractivity contribution in [1.29, 1.82) is 0 Å². The molecule has 3 amide bonds. The maximum absolute atomic E-state index is 12.6. The number of allylic oxidation sites excluding steroid dienone is 1. The highest BCUT2D eigenvalue weighted by Gasteiger charge is 2.32. The third-order valence-corrected chi connectivity index (χ3v) is 7.11. The van der Waals surface area contributed by atoms with E-state index in [1.54, 1.807) is 44.2 Å². The number of amides is 3. The summed E-state index contributed by atoms with van der Waals surface area (Å²) in [5.41, 5.74) is 5.31. The number of esters is 1. The van der Waals surface area contributed by atoms with Crippen molar-refractivity contribution in [1.82, 2.24) is 16.1 Å². The van der Waals surface area contributed by atoms with Crippen molar-refractivity contribution in [2.75, 3.05) is 27.4 Å². The molecule has 3 N–H and O–H groups in total. The summed E-state index contributed by atoms with van der Waals surface area (Å²) in [6.07, 6.45) is 1.46. The van der Waals surface area contributed by atoms with E-state index in [9.17, 15) is 14.4 Å². The predicted molar refractivity (Wildman–Crippen MR) is 169 cm³/mol. The highest BCUT2D eigenvalue weighted by atomic mass is 79.9. The fraction of sp³-hybridized carbons (Fsp3) is 0.250. The minimum absolute atomic E-state index is 0.181. The van der Waals surface area contributed by atoms with Gasteiger partial charge in [0.15, 0.2) is 29.6 Å². The van der Waals surface area contributed by atoms with E-state index < -0.39 is 23.9 Å². The minimum Gasteiger partial charge on any atom is -0.493 e. The molecule has 1 aliphatic heterocycles. The van der Waals surface area contributed by atoms with Gasteiger partial charge in [-0.05, 0) is 70.7 Å². The Bertz CT molecular complexity index is 1610. The molecule has 1 atom stereocenters. The van der Waals surface area contributed by atoms with Gasteiger partial charge >= 0.3 is 12.0 Å². The molecule has 3 aromatic carbocycles. The summed E-state index contributed by atoms with van der Waals surface area (Å²) >= 11 is 3.52. The molecule has 0 radical (unpaired) electrons. The van der Waals surface area contributed by atoms with Gasteiger partial charge in [-0.15, -0.1) is 0 Å². The third kappa shape index (κ3) is 8.54. The first-order valence-corrected chi connectivity index (χ1v) is 14.7. The van der Waals surface area contributed by atoms with Gasteiger partial charge in [-0.1, -0.05) is 36.4 Å². The van der Waals surface area contributed by atoms with Crippen LogP contribution in [0.25, 0.3) is 0 Å². The van der Waals surface area contributed by atoms with Crippen LogP contribution in [0.3, 0.4) is 0 Å². The van der Waals surface area contributed by atoms with Gasteiger partial charge in [0.1, 0.15) is 6.61 Å². The number of carbonyl (C=O) groups is 3. The lowest BCUT2D eigenvalue weighted by Gasteiger charge is -2.28. The Labute approximate surface area is 268 Å². The molecule has 0 aromatic heterocycles. The van der Waals surface area contributed by atoms with Crippen LogP contribution >= 0.6 is 15.9 Å². The fourth-order valence-corrected chi connectivity index (χ4v) is 5.02. The average molecular weight is 682 g/mol. The number of nitrogens with zero attached hydrogens (tertiary/aromatic N) is 1. The van der Waals surface area contributed by atoms with Gasteiger partial charge in [0.2, 0.25) is 0 Å². The molecule has 1 heterocycles. The van der Waals surface area contributed by atoms with Crippen LogP contribution in [0, 0.1) is 0 Å². The third-order valence-electron chi connectivity index (χ3n) is 6.52. The minimum atomic E-state index is -0.776. The zero-order valence-corrected chi connectivity index (χ0v) is 26.7. The molecule has 0 aliphatic carbocycles. The Hall–Kier alpha value is -5.04. The lowest BCUT2D eigenvalue weighted by atomic mass is 9.95. The highest BCUT2D eigenvalue weighted by Crippen LogP contribution is 2.37. The molecule has 0 saturated heterocycles. The number of carbonyl (C=O) groups excluding carboxylic acids is 3. The van der Waals surface area contributed by atoms with Gasteiger partial charge in [0.05, 0.1) is 43.1 Å². The second kappa shape index (κ2) is 15.6. The monoisotopic (exact) mass is 680 g/mol. The van der Waals surface area contributed by atoms with E-state index in [2.05, 4.69) is 37.1 Å². The molecule has 3 aromatic rings. The first kappa shape index (κ1) is 32.9. The van der Waals surface area contributed by atoms with Gasteiger partial charge in [-0.3, -0.25) is 4.79 Å². The summed E-state index contributed by atoms with van der Waals surface area (Å²) in [6, 6.07) is 16.9. The maximum Gasteiger partial charge on any atom is 0.338 e. The standard InChI is InChI=1S/C32H33BrN4O8/c1-5-43-31(39)28-19(2)35-32(40)36-29(28)22-11-12-24(25(15-22)41-3)44-18-27(38)37-34-16-21-13-23(33)30(26(14-21)42-4)45-17-20-9-7-6-8-10-20/h6-16,29H,5,17-18H2,1-4H3,(H,37,38)(H2,35,36,40)/b34-16-/t29-/m1/s1. The molecule has 13 heteroatoms. The molecule has 1 aliphatic rings. The molecule has 12 nitrogen and oxygen atoms in total. The zero-order valence-electron chi connectivity index (χ0n) is 25.1. The van der Waals surface area contributed by atoms with Gasteiger partial charge < -0.3 is 34.3 Å². The number of hydrogen-bond acceptors (Lipinski definition) is 9. The molecule has 236 valence electrons. The Morgan fingerprint density at radius 2 is 1.76 bits per heavy atom.